The van der Waals surface area contributed by atoms with E-state index in [1.165, 1.54) is 0 Å². The maximum absolute atomic E-state index is 5.89. The number of aromatic nitrogens is 2. The van der Waals surface area contributed by atoms with Gasteiger partial charge in [-0.3, -0.25) is 0 Å². The molecule has 112 valence electrons. The summed E-state index contributed by atoms with van der Waals surface area (Å²) in [4.78, 5) is 0. The first kappa shape index (κ1) is 15.3. The quantitative estimate of drug-likeness (QED) is 0.883. The molecule has 1 heterocycles. The number of aryl methyl sites for hydroxylation is 1. The maximum Gasteiger partial charge on any atom is 0.243 e. The summed E-state index contributed by atoms with van der Waals surface area (Å²) in [6.45, 7) is 6.94. The average Bonchev–Trinajstić information content (AvgIpc) is 2.50. The van der Waals surface area contributed by atoms with E-state index in [2.05, 4.69) is 17.1 Å². The van der Waals surface area contributed by atoms with Gasteiger partial charge in [0.15, 0.2) is 11.5 Å². The third-order valence-corrected chi connectivity index (χ3v) is 3.27. The highest BCUT2D eigenvalue weighted by Crippen LogP contribution is 2.32. The molecule has 0 saturated heterocycles. The van der Waals surface area contributed by atoms with E-state index < -0.39 is 0 Å². The number of benzene rings is 1. The van der Waals surface area contributed by atoms with Crippen LogP contribution >= 0.6 is 0 Å². The van der Waals surface area contributed by atoms with E-state index in [-0.39, 0.29) is 0 Å². The number of nitrogens with two attached hydrogens (primary N) is 1. The van der Waals surface area contributed by atoms with Crippen LogP contribution in [-0.2, 0) is 6.54 Å². The second kappa shape index (κ2) is 7.04. The molecule has 5 heteroatoms. The van der Waals surface area contributed by atoms with Gasteiger partial charge in [-0.15, -0.1) is 5.10 Å². The molecular weight excluding hydrogens is 266 g/mol. The predicted octanol–water partition coefficient (Wildman–Crippen LogP) is 3.13. The molecule has 0 fully saturated rings. The zero-order chi connectivity index (χ0) is 15.2. The van der Waals surface area contributed by atoms with E-state index in [1.807, 2.05) is 38.1 Å². The van der Waals surface area contributed by atoms with Crippen molar-refractivity contribution in [1.82, 2.24) is 10.2 Å². The summed E-state index contributed by atoms with van der Waals surface area (Å²) in [5.41, 5.74) is 8.55. The molecule has 0 aliphatic rings. The van der Waals surface area contributed by atoms with Crippen LogP contribution in [0.25, 0.3) is 0 Å². The summed E-state index contributed by atoms with van der Waals surface area (Å²) in [6.07, 6.45) is 0.936. The van der Waals surface area contributed by atoms with E-state index in [4.69, 9.17) is 15.2 Å². The Morgan fingerprint density at radius 2 is 1.81 bits per heavy atom. The van der Waals surface area contributed by atoms with Crippen LogP contribution in [0.15, 0.2) is 24.3 Å². The molecule has 2 N–H and O–H groups in total. The van der Waals surface area contributed by atoms with Crippen LogP contribution in [0.5, 0.6) is 17.4 Å². The van der Waals surface area contributed by atoms with E-state index in [9.17, 15) is 0 Å². The van der Waals surface area contributed by atoms with Crippen LogP contribution in [0.3, 0.4) is 0 Å². The van der Waals surface area contributed by atoms with Gasteiger partial charge in [-0.25, -0.2) is 0 Å². The summed E-state index contributed by atoms with van der Waals surface area (Å²) < 4.78 is 11.6. The van der Waals surface area contributed by atoms with Gasteiger partial charge in [-0.05, 0) is 38.0 Å². The van der Waals surface area contributed by atoms with Gasteiger partial charge < -0.3 is 15.2 Å². The van der Waals surface area contributed by atoms with Crippen LogP contribution < -0.4 is 15.2 Å². The number of hydrogen-bond acceptors (Lipinski definition) is 5. The Bertz CT molecular complexity index is 614. The number of hydrogen-bond donors (Lipinski definition) is 1. The van der Waals surface area contributed by atoms with Crippen LogP contribution in [-0.4, -0.2) is 16.8 Å². The Morgan fingerprint density at radius 1 is 1.10 bits per heavy atom. The van der Waals surface area contributed by atoms with Crippen molar-refractivity contribution in [3.63, 3.8) is 0 Å². The SMILES string of the molecule is CCCOc1ccccc1Oc1nnc(C)c(C)c1CN. The average molecular weight is 287 g/mol. The molecular formula is C16H21N3O2. The van der Waals surface area contributed by atoms with E-state index in [0.29, 0.717) is 30.5 Å². The Labute approximate surface area is 125 Å². The molecule has 0 aliphatic heterocycles. The number of nitrogens with zero attached hydrogens (tertiary/aromatic N) is 2. The standard InChI is InChI=1S/C16H21N3O2/c1-4-9-20-14-7-5-6-8-15(14)21-16-13(10-17)11(2)12(3)18-19-16/h5-8H,4,9-10,17H2,1-3H3. The Kier molecular flexibility index (Phi) is 5.11. The first-order valence-electron chi connectivity index (χ1n) is 7.09. The summed E-state index contributed by atoms with van der Waals surface area (Å²) in [6, 6.07) is 7.53. The minimum Gasteiger partial charge on any atom is -0.490 e. The molecule has 0 atom stereocenters. The van der Waals surface area contributed by atoms with Gasteiger partial charge in [0.2, 0.25) is 5.88 Å². The Balaban J connectivity index is 2.32. The zero-order valence-electron chi connectivity index (χ0n) is 12.7. The van der Waals surface area contributed by atoms with Crippen LogP contribution in [0.1, 0.15) is 30.2 Å². The van der Waals surface area contributed by atoms with Gasteiger partial charge in [0, 0.05) is 12.1 Å². The van der Waals surface area contributed by atoms with Crippen molar-refractivity contribution >= 4 is 0 Å². The highest BCUT2D eigenvalue weighted by atomic mass is 16.5. The molecule has 2 rings (SSSR count). The van der Waals surface area contributed by atoms with Crippen molar-refractivity contribution in [1.29, 1.82) is 0 Å². The molecule has 0 aliphatic carbocycles. The summed E-state index contributed by atoms with van der Waals surface area (Å²) in [5, 5.41) is 8.22. The first-order valence-corrected chi connectivity index (χ1v) is 7.09. The number of ether oxygens (including phenoxy) is 2. The number of rotatable bonds is 6. The molecule has 0 spiro atoms. The van der Waals surface area contributed by atoms with Crippen molar-refractivity contribution in [3.05, 3.63) is 41.1 Å². The molecule has 0 saturated carbocycles. The molecule has 2 aromatic rings. The molecule has 5 nitrogen and oxygen atoms in total. The van der Waals surface area contributed by atoms with E-state index >= 15 is 0 Å². The maximum atomic E-state index is 5.89. The van der Waals surface area contributed by atoms with Gasteiger partial charge in [0.25, 0.3) is 0 Å². The Morgan fingerprint density at radius 3 is 2.48 bits per heavy atom. The van der Waals surface area contributed by atoms with Crippen molar-refractivity contribution < 1.29 is 9.47 Å². The monoisotopic (exact) mass is 287 g/mol. The van der Waals surface area contributed by atoms with Gasteiger partial charge in [0.1, 0.15) is 0 Å². The molecule has 0 amide bonds. The largest absolute Gasteiger partial charge is 0.490 e. The molecule has 0 bridgehead atoms. The zero-order valence-corrected chi connectivity index (χ0v) is 12.7. The van der Waals surface area contributed by atoms with Crippen LogP contribution in [0.2, 0.25) is 0 Å². The normalized spacial score (nSPS) is 10.5. The Hall–Kier alpha value is -2.14. The third-order valence-electron chi connectivity index (χ3n) is 3.27. The predicted molar refractivity (Wildman–Crippen MR) is 81.7 cm³/mol. The van der Waals surface area contributed by atoms with Gasteiger partial charge in [-0.2, -0.15) is 5.10 Å². The molecule has 0 unspecified atom stereocenters. The minimum absolute atomic E-state index is 0.357. The first-order chi connectivity index (χ1) is 10.2. The van der Waals surface area contributed by atoms with Gasteiger partial charge in [0.05, 0.1) is 12.3 Å². The second-order valence-electron chi connectivity index (χ2n) is 4.80. The number of para-hydroxylation sites is 2. The summed E-state index contributed by atoms with van der Waals surface area (Å²) >= 11 is 0. The van der Waals surface area contributed by atoms with Gasteiger partial charge in [-0.1, -0.05) is 19.1 Å². The lowest BCUT2D eigenvalue weighted by Gasteiger charge is -2.14. The molecule has 21 heavy (non-hydrogen) atoms. The van der Waals surface area contributed by atoms with Crippen molar-refractivity contribution in [2.75, 3.05) is 6.61 Å². The molecule has 0 radical (unpaired) electrons. The van der Waals surface area contributed by atoms with E-state index in [1.54, 1.807) is 0 Å². The summed E-state index contributed by atoms with van der Waals surface area (Å²) in [7, 11) is 0. The minimum atomic E-state index is 0.357. The lowest BCUT2D eigenvalue weighted by Crippen LogP contribution is -2.08. The second-order valence-corrected chi connectivity index (χ2v) is 4.80. The fraction of sp³-hybridized carbons (Fsp3) is 0.375. The molecule has 1 aromatic carbocycles. The molecule has 1 aromatic heterocycles. The smallest absolute Gasteiger partial charge is 0.243 e. The fourth-order valence-electron chi connectivity index (χ4n) is 1.93. The highest BCUT2D eigenvalue weighted by molar-refractivity contribution is 5.44. The summed E-state index contributed by atoms with van der Waals surface area (Å²) in [5.74, 6) is 1.76. The van der Waals surface area contributed by atoms with Gasteiger partial charge >= 0.3 is 0 Å². The van der Waals surface area contributed by atoms with E-state index in [0.717, 1.165) is 23.2 Å². The van der Waals surface area contributed by atoms with Crippen molar-refractivity contribution in [2.45, 2.75) is 33.7 Å². The topological polar surface area (TPSA) is 70.3 Å². The lowest BCUT2D eigenvalue weighted by molar-refractivity contribution is 0.300. The lowest BCUT2D eigenvalue weighted by atomic mass is 10.1. The van der Waals surface area contributed by atoms with Crippen LogP contribution in [0, 0.1) is 13.8 Å². The van der Waals surface area contributed by atoms with Crippen molar-refractivity contribution in [3.8, 4) is 17.4 Å². The van der Waals surface area contributed by atoms with Crippen LogP contribution in [0.4, 0.5) is 0 Å². The highest BCUT2D eigenvalue weighted by Gasteiger charge is 2.14. The third kappa shape index (κ3) is 3.49. The van der Waals surface area contributed by atoms with Crippen molar-refractivity contribution in [2.24, 2.45) is 5.73 Å². The fourth-order valence-corrected chi connectivity index (χ4v) is 1.93.